The highest BCUT2D eigenvalue weighted by Crippen LogP contribution is 2.22. The van der Waals surface area contributed by atoms with Crippen LogP contribution < -0.4 is 10.2 Å². The second kappa shape index (κ2) is 9.65. The van der Waals surface area contributed by atoms with Crippen LogP contribution in [0.3, 0.4) is 0 Å². The summed E-state index contributed by atoms with van der Waals surface area (Å²) in [6.07, 6.45) is 3.26. The molecular weight excluding hydrogens is 333 g/mol. The molecule has 2 aliphatic rings. The molecule has 26 heavy (non-hydrogen) atoms. The maximum absolute atomic E-state index is 13.4. The van der Waals surface area contributed by atoms with E-state index in [4.69, 9.17) is 9.47 Å². The molecule has 0 saturated carbocycles. The van der Waals surface area contributed by atoms with E-state index in [0.29, 0.717) is 18.7 Å². The minimum absolute atomic E-state index is 0.130. The molecule has 2 atom stereocenters. The number of nitrogens with one attached hydrogen (secondary N) is 1. The third-order valence-corrected chi connectivity index (χ3v) is 5.29. The molecule has 2 fully saturated rings. The van der Waals surface area contributed by atoms with Crippen LogP contribution in [0.1, 0.15) is 19.3 Å². The third-order valence-electron chi connectivity index (χ3n) is 5.29. The molecule has 0 spiro atoms. The van der Waals surface area contributed by atoms with Gasteiger partial charge in [0.15, 0.2) is 0 Å². The van der Waals surface area contributed by atoms with E-state index < -0.39 is 0 Å². The average Bonchev–Trinajstić information content (AvgIpc) is 2.63. The Bertz CT molecular complexity index is 550. The molecule has 2 aliphatic heterocycles. The maximum Gasteiger partial charge on any atom is 0.125 e. The highest BCUT2D eigenvalue weighted by molar-refractivity contribution is 5.46. The summed E-state index contributed by atoms with van der Waals surface area (Å²) in [5.41, 5.74) is 0.986. The first kappa shape index (κ1) is 19.5. The predicted octanol–water partition coefficient (Wildman–Crippen LogP) is 2.12. The fourth-order valence-electron chi connectivity index (χ4n) is 3.73. The van der Waals surface area contributed by atoms with E-state index in [2.05, 4.69) is 29.2 Å². The lowest BCUT2D eigenvalue weighted by atomic mass is 9.99. The summed E-state index contributed by atoms with van der Waals surface area (Å²) in [5.74, 6) is -0.164. The van der Waals surface area contributed by atoms with Gasteiger partial charge in [-0.05, 0) is 51.6 Å². The highest BCUT2D eigenvalue weighted by Gasteiger charge is 2.30. The van der Waals surface area contributed by atoms with Gasteiger partial charge in [0.25, 0.3) is 0 Å². The number of nitrogens with zero attached hydrogens (tertiary/aromatic N) is 2. The quantitative estimate of drug-likeness (QED) is 0.801. The molecule has 1 aromatic rings. The van der Waals surface area contributed by atoms with Gasteiger partial charge in [-0.2, -0.15) is 0 Å². The van der Waals surface area contributed by atoms with Crippen molar-refractivity contribution in [1.82, 2.24) is 10.2 Å². The topological polar surface area (TPSA) is 37.0 Å². The van der Waals surface area contributed by atoms with E-state index in [9.17, 15) is 4.39 Å². The van der Waals surface area contributed by atoms with Crippen LogP contribution in [0.15, 0.2) is 24.3 Å². The minimum Gasteiger partial charge on any atom is -0.379 e. The van der Waals surface area contributed by atoms with E-state index in [0.717, 1.165) is 57.8 Å². The van der Waals surface area contributed by atoms with E-state index in [-0.39, 0.29) is 11.9 Å². The van der Waals surface area contributed by atoms with Crippen molar-refractivity contribution in [3.8, 4) is 0 Å². The third kappa shape index (κ3) is 5.64. The fraction of sp³-hybridized carbons (Fsp3) is 0.700. The Balaban J connectivity index is 1.46. The number of halogens is 1. The monoisotopic (exact) mass is 365 g/mol. The molecule has 0 amide bonds. The van der Waals surface area contributed by atoms with Gasteiger partial charge in [-0.25, -0.2) is 4.39 Å². The summed E-state index contributed by atoms with van der Waals surface area (Å²) in [4.78, 5) is 4.41. The standard InChI is InChI=1S/C20H32FN3O2/c1-23(2)11-13-26-20-15-25-12-8-19(20)22-17-6-9-24(10-7-17)18-5-3-4-16(21)14-18/h3-5,14,17,19-20,22H,6-13,15H2,1-2H3/t19-,20-/m1/s1. The summed E-state index contributed by atoms with van der Waals surface area (Å²) >= 11 is 0. The number of rotatable bonds is 7. The second-order valence-electron chi connectivity index (χ2n) is 7.59. The number of piperidine rings is 1. The Labute approximate surface area is 156 Å². The van der Waals surface area contributed by atoms with Crippen molar-refractivity contribution in [2.45, 2.75) is 37.5 Å². The highest BCUT2D eigenvalue weighted by atomic mass is 19.1. The zero-order valence-electron chi connectivity index (χ0n) is 16.0. The van der Waals surface area contributed by atoms with Crippen LogP contribution in [0.4, 0.5) is 10.1 Å². The van der Waals surface area contributed by atoms with Crippen LogP contribution in [-0.4, -0.2) is 76.6 Å². The van der Waals surface area contributed by atoms with Gasteiger partial charge in [-0.1, -0.05) is 6.07 Å². The molecule has 0 aliphatic carbocycles. The summed E-state index contributed by atoms with van der Waals surface area (Å²) in [6.45, 7) is 5.04. The molecule has 0 unspecified atom stereocenters. The SMILES string of the molecule is CN(C)CCO[C@@H]1COCC[C@H]1NC1CCN(c2cccc(F)c2)CC1. The number of anilines is 1. The Morgan fingerprint density at radius 2 is 2.08 bits per heavy atom. The Hall–Kier alpha value is -1.21. The van der Waals surface area contributed by atoms with Crippen LogP contribution >= 0.6 is 0 Å². The molecule has 2 heterocycles. The normalized spacial score (nSPS) is 25.0. The molecule has 146 valence electrons. The van der Waals surface area contributed by atoms with Gasteiger partial charge in [0.1, 0.15) is 5.82 Å². The van der Waals surface area contributed by atoms with Gasteiger partial charge in [-0.3, -0.25) is 0 Å². The zero-order chi connectivity index (χ0) is 18.4. The van der Waals surface area contributed by atoms with E-state index >= 15 is 0 Å². The molecule has 5 nitrogen and oxygen atoms in total. The van der Waals surface area contributed by atoms with Crippen LogP contribution in [0.25, 0.3) is 0 Å². The first-order chi connectivity index (χ1) is 12.6. The number of benzene rings is 1. The molecule has 6 heteroatoms. The summed E-state index contributed by atoms with van der Waals surface area (Å²) in [7, 11) is 4.12. The van der Waals surface area contributed by atoms with Gasteiger partial charge < -0.3 is 24.6 Å². The lowest BCUT2D eigenvalue weighted by molar-refractivity contribution is -0.0734. The number of likely N-dealkylation sites (N-methyl/N-ethyl adjacent to an activating group) is 1. The summed E-state index contributed by atoms with van der Waals surface area (Å²) in [5, 5.41) is 3.81. The predicted molar refractivity (Wildman–Crippen MR) is 102 cm³/mol. The zero-order valence-corrected chi connectivity index (χ0v) is 16.0. The number of hydrogen-bond acceptors (Lipinski definition) is 5. The van der Waals surface area contributed by atoms with Gasteiger partial charge in [-0.15, -0.1) is 0 Å². The molecule has 0 bridgehead atoms. The maximum atomic E-state index is 13.4. The van der Waals surface area contributed by atoms with E-state index in [1.54, 1.807) is 12.1 Å². The minimum atomic E-state index is -0.164. The average molecular weight is 365 g/mol. The molecule has 3 rings (SSSR count). The first-order valence-electron chi connectivity index (χ1n) is 9.72. The number of hydrogen-bond donors (Lipinski definition) is 1. The molecule has 0 radical (unpaired) electrons. The first-order valence-corrected chi connectivity index (χ1v) is 9.72. The van der Waals surface area contributed by atoms with Gasteiger partial charge in [0.05, 0.1) is 19.3 Å². The smallest absolute Gasteiger partial charge is 0.125 e. The molecule has 1 N–H and O–H groups in total. The number of ether oxygens (including phenoxy) is 2. The summed E-state index contributed by atoms with van der Waals surface area (Å²) < 4.78 is 25.1. The molecule has 0 aromatic heterocycles. The fourth-order valence-corrected chi connectivity index (χ4v) is 3.73. The van der Waals surface area contributed by atoms with Crippen LogP contribution in [0, 0.1) is 5.82 Å². The lowest BCUT2D eigenvalue weighted by Gasteiger charge is -2.39. The van der Waals surface area contributed by atoms with Gasteiger partial charge >= 0.3 is 0 Å². The van der Waals surface area contributed by atoms with Crippen molar-refractivity contribution in [2.24, 2.45) is 0 Å². The van der Waals surface area contributed by atoms with E-state index in [1.807, 2.05) is 6.07 Å². The van der Waals surface area contributed by atoms with Gasteiger partial charge in [0, 0.05) is 44.0 Å². The Kier molecular flexibility index (Phi) is 7.25. The summed E-state index contributed by atoms with van der Waals surface area (Å²) in [6, 6.07) is 7.75. The van der Waals surface area contributed by atoms with Crippen molar-refractivity contribution < 1.29 is 13.9 Å². The Morgan fingerprint density at radius 1 is 1.27 bits per heavy atom. The van der Waals surface area contributed by atoms with Crippen molar-refractivity contribution >= 4 is 5.69 Å². The largest absolute Gasteiger partial charge is 0.379 e. The van der Waals surface area contributed by atoms with Crippen molar-refractivity contribution in [3.63, 3.8) is 0 Å². The molecule has 1 aromatic carbocycles. The van der Waals surface area contributed by atoms with Crippen molar-refractivity contribution in [1.29, 1.82) is 0 Å². The second-order valence-corrected chi connectivity index (χ2v) is 7.59. The van der Waals surface area contributed by atoms with Crippen LogP contribution in [0.5, 0.6) is 0 Å². The van der Waals surface area contributed by atoms with Gasteiger partial charge in [0.2, 0.25) is 0 Å². The molecule has 2 saturated heterocycles. The van der Waals surface area contributed by atoms with Crippen LogP contribution in [0.2, 0.25) is 0 Å². The van der Waals surface area contributed by atoms with Crippen molar-refractivity contribution in [2.75, 3.05) is 58.5 Å². The lowest BCUT2D eigenvalue weighted by Crippen LogP contribution is -2.54. The molecular formula is C20H32FN3O2. The van der Waals surface area contributed by atoms with Crippen molar-refractivity contribution in [3.05, 3.63) is 30.1 Å². The van der Waals surface area contributed by atoms with E-state index in [1.165, 1.54) is 6.07 Å². The van der Waals surface area contributed by atoms with Crippen LogP contribution in [-0.2, 0) is 9.47 Å². The Morgan fingerprint density at radius 3 is 2.81 bits per heavy atom.